The van der Waals surface area contributed by atoms with Crippen LogP contribution in [0.25, 0.3) is 0 Å². The first-order valence-electron chi connectivity index (χ1n) is 6.43. The molecule has 6 heteroatoms. The Balaban J connectivity index is 2.17. The van der Waals surface area contributed by atoms with Crippen molar-refractivity contribution in [3.05, 3.63) is 11.5 Å². The lowest BCUT2D eigenvalue weighted by atomic mass is 10.0. The molecule has 0 aliphatic heterocycles. The Morgan fingerprint density at radius 3 is 2.68 bits per heavy atom. The van der Waals surface area contributed by atoms with Gasteiger partial charge >= 0.3 is 5.97 Å². The number of hydrogen-bond donors (Lipinski definition) is 1. The van der Waals surface area contributed by atoms with E-state index in [0.717, 1.165) is 25.4 Å². The molecule has 6 nitrogen and oxygen atoms in total. The molecule has 19 heavy (non-hydrogen) atoms. The van der Waals surface area contributed by atoms with Crippen molar-refractivity contribution in [2.24, 2.45) is 5.41 Å². The molecule has 2 rings (SSSR count). The Morgan fingerprint density at radius 1 is 1.47 bits per heavy atom. The first-order chi connectivity index (χ1) is 9.03. The minimum Gasteiger partial charge on any atom is -0.464 e. The predicted octanol–water partition coefficient (Wildman–Crippen LogP) is 1.38. The summed E-state index contributed by atoms with van der Waals surface area (Å²) in [6.07, 6.45) is 3.34. The average Bonchev–Trinajstić information content (AvgIpc) is 3.12. The average molecular weight is 267 g/mol. The molecule has 0 atom stereocenters. The van der Waals surface area contributed by atoms with E-state index >= 15 is 0 Å². The largest absolute Gasteiger partial charge is 0.464 e. The van der Waals surface area contributed by atoms with Crippen LogP contribution in [0.1, 0.15) is 35.6 Å². The summed E-state index contributed by atoms with van der Waals surface area (Å²) in [5.74, 6) is 0.663. The molecular weight excluding hydrogens is 246 g/mol. The second-order valence-corrected chi connectivity index (χ2v) is 5.21. The number of esters is 1. The van der Waals surface area contributed by atoms with Gasteiger partial charge in [-0.15, -0.1) is 0 Å². The number of methoxy groups -OCH3 is 2. The van der Waals surface area contributed by atoms with Gasteiger partial charge in [0, 0.05) is 20.3 Å². The van der Waals surface area contributed by atoms with Crippen LogP contribution in [0, 0.1) is 12.3 Å². The third-order valence-corrected chi connectivity index (χ3v) is 3.86. The standard InChI is InChI=1S/C13H21N3O3/c1-9-15-10(12(17)19-3)11(14)16(9)8-13(4-5-13)6-7-18-2/h4-8,14H2,1-3H3. The number of nitrogens with two attached hydrogens (primary N) is 1. The summed E-state index contributed by atoms with van der Waals surface area (Å²) >= 11 is 0. The Morgan fingerprint density at radius 2 is 2.16 bits per heavy atom. The van der Waals surface area contributed by atoms with E-state index in [9.17, 15) is 4.79 Å². The Hall–Kier alpha value is -1.56. The van der Waals surface area contributed by atoms with Crippen molar-refractivity contribution in [1.29, 1.82) is 0 Å². The highest BCUT2D eigenvalue weighted by Crippen LogP contribution is 2.50. The van der Waals surface area contributed by atoms with Crippen LogP contribution in [-0.2, 0) is 16.0 Å². The molecule has 0 unspecified atom stereocenters. The molecule has 0 bridgehead atoms. The van der Waals surface area contributed by atoms with Crippen molar-refractivity contribution >= 4 is 11.8 Å². The zero-order valence-electron chi connectivity index (χ0n) is 11.7. The van der Waals surface area contributed by atoms with Gasteiger partial charge < -0.3 is 19.8 Å². The number of nitrogen functional groups attached to an aromatic ring is 1. The van der Waals surface area contributed by atoms with E-state index in [4.69, 9.17) is 10.5 Å². The number of aromatic nitrogens is 2. The normalized spacial score (nSPS) is 16.4. The van der Waals surface area contributed by atoms with Crippen molar-refractivity contribution in [2.45, 2.75) is 32.7 Å². The number of aryl methyl sites for hydroxylation is 1. The Kier molecular flexibility index (Phi) is 3.80. The van der Waals surface area contributed by atoms with Crippen LogP contribution in [0.15, 0.2) is 0 Å². The fraction of sp³-hybridized carbons (Fsp3) is 0.692. The number of ether oxygens (including phenoxy) is 2. The number of anilines is 1. The maximum absolute atomic E-state index is 11.6. The first kappa shape index (κ1) is 13.9. The van der Waals surface area contributed by atoms with Crippen LogP contribution in [0.2, 0.25) is 0 Å². The van der Waals surface area contributed by atoms with E-state index in [-0.39, 0.29) is 11.1 Å². The lowest BCUT2D eigenvalue weighted by molar-refractivity contribution is 0.0595. The summed E-state index contributed by atoms with van der Waals surface area (Å²) in [5.41, 5.74) is 6.48. The Bertz CT molecular complexity index is 478. The molecule has 0 saturated heterocycles. The molecule has 0 spiro atoms. The second-order valence-electron chi connectivity index (χ2n) is 5.21. The van der Waals surface area contributed by atoms with Gasteiger partial charge in [0.05, 0.1) is 7.11 Å². The van der Waals surface area contributed by atoms with Gasteiger partial charge in [-0.2, -0.15) is 0 Å². The lowest BCUT2D eigenvalue weighted by Gasteiger charge is -2.17. The zero-order chi connectivity index (χ0) is 14.0. The summed E-state index contributed by atoms with van der Waals surface area (Å²) < 4.78 is 11.7. The van der Waals surface area contributed by atoms with Gasteiger partial charge in [0.2, 0.25) is 0 Å². The number of nitrogens with zero attached hydrogens (tertiary/aromatic N) is 2. The maximum atomic E-state index is 11.6. The molecule has 1 aromatic rings. The minimum atomic E-state index is -0.485. The third-order valence-electron chi connectivity index (χ3n) is 3.86. The highest BCUT2D eigenvalue weighted by molar-refractivity contribution is 5.92. The SMILES string of the molecule is COCCC1(Cn2c(C)nc(C(=O)OC)c2N)CC1. The van der Waals surface area contributed by atoms with E-state index in [0.29, 0.717) is 5.82 Å². The van der Waals surface area contributed by atoms with Gasteiger partial charge in [0.25, 0.3) is 0 Å². The molecule has 106 valence electrons. The minimum absolute atomic E-state index is 0.211. The monoisotopic (exact) mass is 267 g/mol. The van der Waals surface area contributed by atoms with Crippen molar-refractivity contribution in [2.75, 3.05) is 26.6 Å². The third kappa shape index (κ3) is 2.73. The molecule has 1 saturated carbocycles. The molecule has 2 N–H and O–H groups in total. The van der Waals surface area contributed by atoms with Crippen LogP contribution in [0.3, 0.4) is 0 Å². The van der Waals surface area contributed by atoms with E-state index < -0.39 is 5.97 Å². The summed E-state index contributed by atoms with van der Waals surface area (Å²) in [6.45, 7) is 3.39. The second kappa shape index (κ2) is 5.21. The fourth-order valence-electron chi connectivity index (χ4n) is 2.35. The van der Waals surface area contributed by atoms with E-state index in [1.54, 1.807) is 7.11 Å². The lowest BCUT2D eigenvalue weighted by Crippen LogP contribution is -2.17. The van der Waals surface area contributed by atoms with E-state index in [1.807, 2.05) is 11.5 Å². The molecule has 0 aromatic carbocycles. The summed E-state index contributed by atoms with van der Waals surface area (Å²) in [7, 11) is 3.04. The quantitative estimate of drug-likeness (QED) is 0.788. The highest BCUT2D eigenvalue weighted by atomic mass is 16.5. The smallest absolute Gasteiger partial charge is 0.360 e. The molecule has 1 aliphatic rings. The van der Waals surface area contributed by atoms with Crippen molar-refractivity contribution < 1.29 is 14.3 Å². The van der Waals surface area contributed by atoms with Crippen LogP contribution < -0.4 is 5.73 Å². The van der Waals surface area contributed by atoms with Crippen molar-refractivity contribution in [3.63, 3.8) is 0 Å². The van der Waals surface area contributed by atoms with Crippen molar-refractivity contribution in [3.8, 4) is 0 Å². The predicted molar refractivity (Wildman–Crippen MR) is 70.9 cm³/mol. The number of hydrogen-bond acceptors (Lipinski definition) is 5. The highest BCUT2D eigenvalue weighted by Gasteiger charge is 2.43. The summed E-state index contributed by atoms with van der Waals surface area (Å²) in [6, 6.07) is 0. The van der Waals surface area contributed by atoms with Crippen LogP contribution in [0.4, 0.5) is 5.82 Å². The van der Waals surface area contributed by atoms with E-state index in [2.05, 4.69) is 9.72 Å². The first-order valence-corrected chi connectivity index (χ1v) is 6.43. The Labute approximate surface area is 112 Å². The van der Waals surface area contributed by atoms with Crippen LogP contribution >= 0.6 is 0 Å². The number of carbonyl (C=O) groups excluding carboxylic acids is 1. The summed E-state index contributed by atoms with van der Waals surface area (Å²) in [4.78, 5) is 15.8. The molecule has 0 amide bonds. The van der Waals surface area contributed by atoms with Gasteiger partial charge in [-0.25, -0.2) is 9.78 Å². The van der Waals surface area contributed by atoms with E-state index in [1.165, 1.54) is 20.0 Å². The maximum Gasteiger partial charge on any atom is 0.360 e. The van der Waals surface area contributed by atoms with Crippen LogP contribution in [0.5, 0.6) is 0 Å². The molecule has 0 radical (unpaired) electrons. The number of carbonyl (C=O) groups is 1. The van der Waals surface area contributed by atoms with Gasteiger partial charge in [0.15, 0.2) is 5.69 Å². The van der Waals surface area contributed by atoms with Crippen LogP contribution in [-0.4, -0.2) is 36.3 Å². The fourth-order valence-corrected chi connectivity index (χ4v) is 2.35. The molecule has 1 heterocycles. The topological polar surface area (TPSA) is 79.4 Å². The molecular formula is C13H21N3O3. The van der Waals surface area contributed by atoms with Gasteiger partial charge in [-0.05, 0) is 31.6 Å². The number of rotatable bonds is 6. The molecule has 1 fully saturated rings. The van der Waals surface area contributed by atoms with Gasteiger partial charge in [0.1, 0.15) is 11.6 Å². The van der Waals surface area contributed by atoms with Gasteiger partial charge in [-0.1, -0.05) is 0 Å². The number of imidazole rings is 1. The van der Waals surface area contributed by atoms with Crippen molar-refractivity contribution in [1.82, 2.24) is 9.55 Å². The van der Waals surface area contributed by atoms with Gasteiger partial charge in [-0.3, -0.25) is 0 Å². The molecule has 1 aromatic heterocycles. The summed E-state index contributed by atoms with van der Waals surface area (Å²) in [5, 5.41) is 0. The zero-order valence-corrected chi connectivity index (χ0v) is 11.7. The molecule has 1 aliphatic carbocycles.